The zero-order valence-corrected chi connectivity index (χ0v) is 14.6. The SMILES string of the molecule is COc1cc(OC)c2ncc(C#N)c(NCc3c(C)n[nH]c3C)c2c1. The second-order valence-corrected chi connectivity index (χ2v) is 5.65. The van der Waals surface area contributed by atoms with Gasteiger partial charge in [0.2, 0.25) is 0 Å². The molecule has 1 aromatic carbocycles. The summed E-state index contributed by atoms with van der Waals surface area (Å²) in [5, 5.41) is 20.8. The third kappa shape index (κ3) is 2.94. The van der Waals surface area contributed by atoms with Gasteiger partial charge < -0.3 is 14.8 Å². The molecular weight excluding hydrogens is 318 g/mol. The van der Waals surface area contributed by atoms with Crippen LogP contribution in [0, 0.1) is 25.2 Å². The lowest BCUT2D eigenvalue weighted by Crippen LogP contribution is -2.05. The molecule has 3 rings (SSSR count). The fraction of sp³-hybridized carbons (Fsp3) is 0.278. The minimum Gasteiger partial charge on any atom is -0.497 e. The Morgan fingerprint density at radius 1 is 1.24 bits per heavy atom. The summed E-state index contributed by atoms with van der Waals surface area (Å²) in [6.45, 7) is 4.46. The van der Waals surface area contributed by atoms with Crippen LogP contribution in [0.2, 0.25) is 0 Å². The third-order valence-corrected chi connectivity index (χ3v) is 4.21. The van der Waals surface area contributed by atoms with Gasteiger partial charge in [0.1, 0.15) is 23.1 Å². The van der Waals surface area contributed by atoms with Gasteiger partial charge in [0.15, 0.2) is 0 Å². The van der Waals surface area contributed by atoms with Crippen molar-refractivity contribution in [2.24, 2.45) is 0 Å². The second-order valence-electron chi connectivity index (χ2n) is 5.65. The van der Waals surface area contributed by atoms with Gasteiger partial charge in [-0.1, -0.05) is 0 Å². The van der Waals surface area contributed by atoms with Gasteiger partial charge in [0.25, 0.3) is 0 Å². The Labute approximate surface area is 145 Å². The van der Waals surface area contributed by atoms with Gasteiger partial charge in [-0.2, -0.15) is 10.4 Å². The molecule has 2 heterocycles. The number of anilines is 1. The van der Waals surface area contributed by atoms with Crippen molar-refractivity contribution < 1.29 is 9.47 Å². The number of hydrogen-bond donors (Lipinski definition) is 2. The van der Waals surface area contributed by atoms with Crippen LogP contribution in [0.5, 0.6) is 11.5 Å². The van der Waals surface area contributed by atoms with Crippen LogP contribution in [0.15, 0.2) is 18.3 Å². The average Bonchev–Trinajstić information content (AvgIpc) is 2.96. The van der Waals surface area contributed by atoms with Crippen LogP contribution < -0.4 is 14.8 Å². The van der Waals surface area contributed by atoms with Crippen molar-refractivity contribution in [1.82, 2.24) is 15.2 Å². The van der Waals surface area contributed by atoms with Crippen LogP contribution in [0.25, 0.3) is 10.9 Å². The molecule has 0 fully saturated rings. The summed E-state index contributed by atoms with van der Waals surface area (Å²) in [7, 11) is 3.17. The number of H-pyrrole nitrogens is 1. The smallest absolute Gasteiger partial charge is 0.148 e. The van der Waals surface area contributed by atoms with Crippen molar-refractivity contribution in [3.05, 3.63) is 40.8 Å². The van der Waals surface area contributed by atoms with E-state index in [1.54, 1.807) is 26.5 Å². The molecule has 0 radical (unpaired) electrons. The highest BCUT2D eigenvalue weighted by atomic mass is 16.5. The lowest BCUT2D eigenvalue weighted by Gasteiger charge is -2.14. The summed E-state index contributed by atoms with van der Waals surface area (Å²) >= 11 is 0. The number of hydrogen-bond acceptors (Lipinski definition) is 6. The molecule has 0 aliphatic heterocycles. The molecule has 0 atom stereocenters. The number of nitriles is 1. The molecule has 0 bridgehead atoms. The molecule has 0 amide bonds. The molecule has 0 aliphatic rings. The molecule has 7 heteroatoms. The van der Waals surface area contributed by atoms with E-state index in [4.69, 9.17) is 9.47 Å². The van der Waals surface area contributed by atoms with Crippen LogP contribution in [0.4, 0.5) is 5.69 Å². The second kappa shape index (κ2) is 6.69. The maximum absolute atomic E-state index is 9.49. The Kier molecular flexibility index (Phi) is 4.44. The van der Waals surface area contributed by atoms with Gasteiger partial charge in [-0.05, 0) is 19.9 Å². The number of benzene rings is 1. The van der Waals surface area contributed by atoms with E-state index in [0.717, 1.165) is 22.3 Å². The fourth-order valence-electron chi connectivity index (χ4n) is 2.81. The molecular formula is C18H19N5O2. The predicted octanol–water partition coefficient (Wildman–Crippen LogP) is 3.08. The summed E-state index contributed by atoms with van der Waals surface area (Å²) in [6.07, 6.45) is 1.55. The van der Waals surface area contributed by atoms with Gasteiger partial charge in [-0.15, -0.1) is 0 Å². The minimum absolute atomic E-state index is 0.460. The predicted molar refractivity (Wildman–Crippen MR) is 95.0 cm³/mol. The number of nitrogens with one attached hydrogen (secondary N) is 2. The Morgan fingerprint density at radius 3 is 2.64 bits per heavy atom. The number of fused-ring (bicyclic) bond motifs is 1. The number of pyridine rings is 1. The highest BCUT2D eigenvalue weighted by molar-refractivity contribution is 5.98. The summed E-state index contributed by atoms with van der Waals surface area (Å²) in [5.41, 5.74) is 4.83. The van der Waals surface area contributed by atoms with Crippen molar-refractivity contribution in [2.75, 3.05) is 19.5 Å². The molecule has 2 aromatic heterocycles. The first-order valence-electron chi connectivity index (χ1n) is 7.78. The van der Waals surface area contributed by atoms with Crippen LogP contribution in [-0.4, -0.2) is 29.4 Å². The summed E-state index contributed by atoms with van der Waals surface area (Å²) < 4.78 is 10.8. The number of rotatable bonds is 5. The van der Waals surface area contributed by atoms with Gasteiger partial charge in [0, 0.05) is 35.5 Å². The Bertz CT molecular complexity index is 952. The standard InChI is InChI=1S/C18H19N5O2/c1-10-15(11(2)23-22-10)9-21-17-12(7-19)8-20-18-14(17)5-13(24-3)6-16(18)25-4/h5-6,8H,9H2,1-4H3,(H,20,21)(H,22,23). The maximum atomic E-state index is 9.49. The maximum Gasteiger partial charge on any atom is 0.148 e. The fourth-order valence-corrected chi connectivity index (χ4v) is 2.81. The Hall–Kier alpha value is -3.27. The molecule has 0 spiro atoms. The number of nitrogens with zero attached hydrogens (tertiary/aromatic N) is 3. The molecule has 7 nitrogen and oxygen atoms in total. The molecule has 0 unspecified atom stereocenters. The van der Waals surface area contributed by atoms with E-state index in [9.17, 15) is 5.26 Å². The number of aromatic amines is 1. The van der Waals surface area contributed by atoms with E-state index in [1.165, 1.54) is 0 Å². The summed E-state index contributed by atoms with van der Waals surface area (Å²) in [4.78, 5) is 4.38. The lowest BCUT2D eigenvalue weighted by atomic mass is 10.1. The van der Waals surface area contributed by atoms with E-state index in [-0.39, 0.29) is 0 Å². The Balaban J connectivity index is 2.13. The monoisotopic (exact) mass is 337 g/mol. The molecule has 0 saturated heterocycles. The molecule has 128 valence electrons. The van der Waals surface area contributed by atoms with Gasteiger partial charge in [-0.25, -0.2) is 0 Å². The van der Waals surface area contributed by atoms with Crippen molar-refractivity contribution >= 4 is 16.6 Å². The highest BCUT2D eigenvalue weighted by Gasteiger charge is 2.15. The first kappa shape index (κ1) is 16.6. The molecule has 0 saturated carbocycles. The van der Waals surface area contributed by atoms with E-state index >= 15 is 0 Å². The molecule has 3 aromatic rings. The van der Waals surface area contributed by atoms with Gasteiger partial charge in [-0.3, -0.25) is 10.1 Å². The zero-order valence-electron chi connectivity index (χ0n) is 14.6. The number of methoxy groups -OCH3 is 2. The van der Waals surface area contributed by atoms with Crippen LogP contribution in [-0.2, 0) is 6.54 Å². The highest BCUT2D eigenvalue weighted by Crippen LogP contribution is 2.35. The average molecular weight is 337 g/mol. The molecule has 2 N–H and O–H groups in total. The van der Waals surface area contributed by atoms with Gasteiger partial charge in [0.05, 0.1) is 31.2 Å². The van der Waals surface area contributed by atoms with E-state index in [1.807, 2.05) is 19.9 Å². The van der Waals surface area contributed by atoms with E-state index in [0.29, 0.717) is 34.8 Å². The van der Waals surface area contributed by atoms with Crippen molar-refractivity contribution in [3.63, 3.8) is 0 Å². The molecule has 25 heavy (non-hydrogen) atoms. The zero-order chi connectivity index (χ0) is 18.0. The summed E-state index contributed by atoms with van der Waals surface area (Å²) in [5.74, 6) is 1.23. The van der Waals surface area contributed by atoms with E-state index < -0.39 is 0 Å². The minimum atomic E-state index is 0.460. The topological polar surface area (TPSA) is 95.8 Å². The third-order valence-electron chi connectivity index (χ3n) is 4.21. The molecule has 0 aliphatic carbocycles. The number of ether oxygens (including phenoxy) is 2. The van der Waals surface area contributed by atoms with Crippen molar-refractivity contribution in [2.45, 2.75) is 20.4 Å². The largest absolute Gasteiger partial charge is 0.497 e. The summed E-state index contributed by atoms with van der Waals surface area (Å²) in [6, 6.07) is 5.82. The number of aromatic nitrogens is 3. The van der Waals surface area contributed by atoms with Crippen LogP contribution in [0.3, 0.4) is 0 Å². The first-order chi connectivity index (χ1) is 12.1. The van der Waals surface area contributed by atoms with Crippen molar-refractivity contribution in [1.29, 1.82) is 5.26 Å². The van der Waals surface area contributed by atoms with Crippen LogP contribution >= 0.6 is 0 Å². The normalized spacial score (nSPS) is 10.5. The number of aryl methyl sites for hydroxylation is 2. The Morgan fingerprint density at radius 2 is 2.04 bits per heavy atom. The lowest BCUT2D eigenvalue weighted by molar-refractivity contribution is 0.397. The van der Waals surface area contributed by atoms with Gasteiger partial charge >= 0.3 is 0 Å². The van der Waals surface area contributed by atoms with Crippen molar-refractivity contribution in [3.8, 4) is 17.6 Å². The van der Waals surface area contributed by atoms with E-state index in [2.05, 4.69) is 26.6 Å². The quantitative estimate of drug-likeness (QED) is 0.743. The van der Waals surface area contributed by atoms with Crippen LogP contribution in [0.1, 0.15) is 22.5 Å². The first-order valence-corrected chi connectivity index (χ1v) is 7.78.